The SMILES string of the molecule is CCCCNc1ncccc1C1CCCN1CC. The summed E-state index contributed by atoms with van der Waals surface area (Å²) in [4.78, 5) is 7.08. The average Bonchev–Trinajstić information content (AvgIpc) is 2.88. The highest BCUT2D eigenvalue weighted by Crippen LogP contribution is 2.34. The van der Waals surface area contributed by atoms with E-state index in [0.29, 0.717) is 6.04 Å². The van der Waals surface area contributed by atoms with E-state index in [0.717, 1.165) is 18.9 Å². The van der Waals surface area contributed by atoms with E-state index in [1.807, 2.05) is 6.20 Å². The topological polar surface area (TPSA) is 28.2 Å². The second-order valence-electron chi connectivity index (χ2n) is 5.01. The summed E-state index contributed by atoms with van der Waals surface area (Å²) in [5.74, 6) is 1.09. The molecule has 1 saturated heterocycles. The van der Waals surface area contributed by atoms with Crippen molar-refractivity contribution in [1.82, 2.24) is 9.88 Å². The van der Waals surface area contributed by atoms with Crippen LogP contribution in [0.3, 0.4) is 0 Å². The van der Waals surface area contributed by atoms with Crippen molar-refractivity contribution < 1.29 is 0 Å². The van der Waals surface area contributed by atoms with E-state index in [2.05, 4.69) is 41.2 Å². The lowest BCUT2D eigenvalue weighted by Crippen LogP contribution is -2.23. The largest absolute Gasteiger partial charge is 0.370 e. The molecule has 0 amide bonds. The third-order valence-corrected chi connectivity index (χ3v) is 3.79. The number of hydrogen-bond acceptors (Lipinski definition) is 3. The van der Waals surface area contributed by atoms with Gasteiger partial charge in [-0.05, 0) is 38.4 Å². The maximum Gasteiger partial charge on any atom is 0.130 e. The van der Waals surface area contributed by atoms with Crippen LogP contribution in [0.4, 0.5) is 5.82 Å². The molecule has 3 nitrogen and oxygen atoms in total. The minimum absolute atomic E-state index is 0.563. The van der Waals surface area contributed by atoms with Gasteiger partial charge in [-0.1, -0.05) is 26.3 Å². The molecule has 0 bridgehead atoms. The molecule has 2 rings (SSSR count). The van der Waals surface area contributed by atoms with Crippen LogP contribution in [0, 0.1) is 0 Å². The molecule has 0 aromatic carbocycles. The third-order valence-electron chi connectivity index (χ3n) is 3.79. The minimum atomic E-state index is 0.563. The summed E-state index contributed by atoms with van der Waals surface area (Å²) in [7, 11) is 0. The van der Waals surface area contributed by atoms with Crippen LogP contribution >= 0.6 is 0 Å². The highest BCUT2D eigenvalue weighted by molar-refractivity contribution is 5.46. The van der Waals surface area contributed by atoms with Crippen LogP contribution in [0.15, 0.2) is 18.3 Å². The van der Waals surface area contributed by atoms with Gasteiger partial charge in [-0.15, -0.1) is 0 Å². The van der Waals surface area contributed by atoms with Gasteiger partial charge < -0.3 is 5.32 Å². The van der Waals surface area contributed by atoms with Gasteiger partial charge in [0.15, 0.2) is 0 Å². The third kappa shape index (κ3) is 3.02. The smallest absolute Gasteiger partial charge is 0.130 e. The molecule has 1 unspecified atom stereocenters. The fourth-order valence-corrected chi connectivity index (χ4v) is 2.77. The molecule has 0 saturated carbocycles. The molecule has 0 spiro atoms. The fourth-order valence-electron chi connectivity index (χ4n) is 2.77. The summed E-state index contributed by atoms with van der Waals surface area (Å²) >= 11 is 0. The van der Waals surface area contributed by atoms with Crippen molar-refractivity contribution in [3.8, 4) is 0 Å². The van der Waals surface area contributed by atoms with Crippen LogP contribution in [0.1, 0.15) is 51.1 Å². The van der Waals surface area contributed by atoms with E-state index in [1.54, 1.807) is 0 Å². The number of likely N-dealkylation sites (tertiary alicyclic amines) is 1. The molecule has 1 aromatic rings. The highest BCUT2D eigenvalue weighted by atomic mass is 15.2. The molecule has 1 fully saturated rings. The van der Waals surface area contributed by atoms with Crippen molar-refractivity contribution in [2.45, 2.75) is 45.6 Å². The van der Waals surface area contributed by atoms with Crippen molar-refractivity contribution in [1.29, 1.82) is 0 Å². The number of anilines is 1. The number of hydrogen-bond donors (Lipinski definition) is 1. The molecule has 100 valence electrons. The predicted octanol–water partition coefficient (Wildman–Crippen LogP) is 3.45. The van der Waals surface area contributed by atoms with Crippen LogP contribution in [-0.4, -0.2) is 29.5 Å². The molecule has 1 aromatic heterocycles. The van der Waals surface area contributed by atoms with Gasteiger partial charge in [-0.3, -0.25) is 4.90 Å². The number of unbranched alkanes of at least 4 members (excludes halogenated alkanes) is 1. The number of rotatable bonds is 6. The van der Waals surface area contributed by atoms with E-state index in [1.165, 1.54) is 37.8 Å². The van der Waals surface area contributed by atoms with Gasteiger partial charge in [0.1, 0.15) is 5.82 Å². The molecule has 0 aliphatic carbocycles. The average molecular weight is 247 g/mol. The van der Waals surface area contributed by atoms with E-state index in [4.69, 9.17) is 0 Å². The van der Waals surface area contributed by atoms with Crippen molar-refractivity contribution in [2.75, 3.05) is 25.0 Å². The molecule has 18 heavy (non-hydrogen) atoms. The number of pyridine rings is 1. The quantitative estimate of drug-likeness (QED) is 0.780. The Morgan fingerprint density at radius 2 is 2.33 bits per heavy atom. The van der Waals surface area contributed by atoms with Gasteiger partial charge >= 0.3 is 0 Å². The first kappa shape index (κ1) is 13.3. The summed E-state index contributed by atoms with van der Waals surface area (Å²) in [5.41, 5.74) is 1.38. The molecular formula is C15H25N3. The lowest BCUT2D eigenvalue weighted by atomic mass is 10.1. The first-order chi connectivity index (χ1) is 8.86. The Balaban J connectivity index is 2.11. The van der Waals surface area contributed by atoms with E-state index < -0.39 is 0 Å². The van der Waals surface area contributed by atoms with E-state index in [-0.39, 0.29) is 0 Å². The fraction of sp³-hybridized carbons (Fsp3) is 0.667. The Morgan fingerprint density at radius 1 is 1.44 bits per heavy atom. The minimum Gasteiger partial charge on any atom is -0.370 e. The Kier molecular flexibility index (Phi) is 5.00. The van der Waals surface area contributed by atoms with Crippen molar-refractivity contribution in [3.63, 3.8) is 0 Å². The molecule has 1 aliphatic rings. The first-order valence-electron chi connectivity index (χ1n) is 7.29. The zero-order valence-corrected chi connectivity index (χ0v) is 11.7. The van der Waals surface area contributed by atoms with Gasteiger partial charge in [0.2, 0.25) is 0 Å². The Hall–Kier alpha value is -1.09. The van der Waals surface area contributed by atoms with Crippen molar-refractivity contribution in [3.05, 3.63) is 23.9 Å². The standard InChI is InChI=1S/C15H25N3/c1-3-5-10-16-15-13(8-6-11-17-15)14-9-7-12-18(14)4-2/h6,8,11,14H,3-5,7,9-10,12H2,1-2H3,(H,16,17). The summed E-state index contributed by atoms with van der Waals surface area (Å²) in [5, 5.41) is 3.50. The monoisotopic (exact) mass is 247 g/mol. The van der Waals surface area contributed by atoms with Crippen LogP contribution < -0.4 is 5.32 Å². The van der Waals surface area contributed by atoms with E-state index >= 15 is 0 Å². The zero-order chi connectivity index (χ0) is 12.8. The van der Waals surface area contributed by atoms with Crippen LogP contribution in [0.2, 0.25) is 0 Å². The lowest BCUT2D eigenvalue weighted by molar-refractivity contribution is 0.272. The van der Waals surface area contributed by atoms with Crippen LogP contribution in [-0.2, 0) is 0 Å². The van der Waals surface area contributed by atoms with Crippen LogP contribution in [0.25, 0.3) is 0 Å². The van der Waals surface area contributed by atoms with E-state index in [9.17, 15) is 0 Å². The van der Waals surface area contributed by atoms with Gasteiger partial charge in [-0.25, -0.2) is 4.98 Å². The van der Waals surface area contributed by atoms with Crippen molar-refractivity contribution in [2.24, 2.45) is 0 Å². The van der Waals surface area contributed by atoms with Gasteiger partial charge in [0.05, 0.1) is 0 Å². The second-order valence-corrected chi connectivity index (χ2v) is 5.01. The Labute approximate surface area is 111 Å². The predicted molar refractivity (Wildman–Crippen MR) is 76.9 cm³/mol. The molecule has 0 radical (unpaired) electrons. The maximum atomic E-state index is 4.53. The Morgan fingerprint density at radius 3 is 3.11 bits per heavy atom. The molecule has 2 heterocycles. The molecule has 1 aliphatic heterocycles. The second kappa shape index (κ2) is 6.74. The first-order valence-corrected chi connectivity index (χ1v) is 7.29. The lowest BCUT2D eigenvalue weighted by Gasteiger charge is -2.24. The maximum absolute atomic E-state index is 4.53. The number of nitrogens with one attached hydrogen (secondary N) is 1. The van der Waals surface area contributed by atoms with Gasteiger partial charge in [0, 0.05) is 24.3 Å². The number of aromatic nitrogens is 1. The number of nitrogens with zero attached hydrogens (tertiary/aromatic N) is 2. The Bertz CT molecular complexity index is 365. The summed E-state index contributed by atoms with van der Waals surface area (Å²) in [6.45, 7) is 7.85. The molecule has 3 heteroatoms. The molecular weight excluding hydrogens is 222 g/mol. The highest BCUT2D eigenvalue weighted by Gasteiger charge is 2.26. The molecule has 1 atom stereocenters. The molecule has 1 N–H and O–H groups in total. The van der Waals surface area contributed by atoms with Gasteiger partial charge in [-0.2, -0.15) is 0 Å². The summed E-state index contributed by atoms with van der Waals surface area (Å²) in [6.07, 6.45) is 6.89. The zero-order valence-electron chi connectivity index (χ0n) is 11.7. The summed E-state index contributed by atoms with van der Waals surface area (Å²) < 4.78 is 0. The normalized spacial score (nSPS) is 20.2. The summed E-state index contributed by atoms with van der Waals surface area (Å²) in [6, 6.07) is 4.86. The van der Waals surface area contributed by atoms with Crippen LogP contribution in [0.5, 0.6) is 0 Å². The van der Waals surface area contributed by atoms with Gasteiger partial charge in [0.25, 0.3) is 0 Å². The van der Waals surface area contributed by atoms with Crippen molar-refractivity contribution >= 4 is 5.82 Å².